The van der Waals surface area contributed by atoms with Gasteiger partial charge in [-0.25, -0.2) is 8.42 Å². The summed E-state index contributed by atoms with van der Waals surface area (Å²) in [7, 11) is -3.76. The average Bonchev–Trinajstić information content (AvgIpc) is 3.05. The number of fused-ring (bicyclic) bond motifs is 1. The largest absolute Gasteiger partial charge is 0.457 e. The molecule has 1 atom stereocenters. The van der Waals surface area contributed by atoms with Crippen molar-refractivity contribution >= 4 is 27.3 Å². The number of hydrogen-bond donors (Lipinski definition) is 1. The highest BCUT2D eigenvalue weighted by Crippen LogP contribution is 2.34. The molecule has 0 fully saturated rings. The van der Waals surface area contributed by atoms with Crippen LogP contribution in [0, 0.1) is 0 Å². The molecule has 3 aromatic rings. The van der Waals surface area contributed by atoms with Crippen LogP contribution in [-0.2, 0) is 21.2 Å². The topological polar surface area (TPSA) is 75.7 Å². The zero-order valence-corrected chi connectivity index (χ0v) is 17.5. The van der Waals surface area contributed by atoms with Crippen molar-refractivity contribution in [2.24, 2.45) is 0 Å². The lowest BCUT2D eigenvalue weighted by molar-refractivity contribution is -0.116. The molecule has 0 saturated heterocycles. The fourth-order valence-corrected chi connectivity index (χ4v) is 4.79. The lowest BCUT2D eigenvalue weighted by Crippen LogP contribution is -2.33. The highest BCUT2D eigenvalue weighted by Gasteiger charge is 2.30. The number of carbonyl (C=O) groups excluding carboxylic acids is 1. The standard InChI is InChI=1S/C23H22N2O4S/c1-16-14-18-15-22(12-13-23(18)25(16)17(2)26)30(27,28)24-19-8-10-21(11-9-19)29-20-6-4-3-5-7-20/h3-13,15-16,24H,14H2,1-2H3. The average molecular weight is 423 g/mol. The lowest BCUT2D eigenvalue weighted by atomic mass is 10.1. The molecule has 0 aliphatic carbocycles. The first-order valence-electron chi connectivity index (χ1n) is 9.62. The summed E-state index contributed by atoms with van der Waals surface area (Å²) in [4.78, 5) is 13.7. The molecular weight excluding hydrogens is 400 g/mol. The highest BCUT2D eigenvalue weighted by atomic mass is 32.2. The van der Waals surface area contributed by atoms with Crippen molar-refractivity contribution in [2.75, 3.05) is 9.62 Å². The number of sulfonamides is 1. The summed E-state index contributed by atoms with van der Waals surface area (Å²) in [6.07, 6.45) is 0.629. The predicted octanol–water partition coefficient (Wildman–Crippen LogP) is 4.58. The molecule has 0 spiro atoms. The van der Waals surface area contributed by atoms with Gasteiger partial charge in [-0.1, -0.05) is 18.2 Å². The second-order valence-electron chi connectivity index (χ2n) is 7.28. The molecule has 154 valence electrons. The van der Waals surface area contributed by atoms with Crippen LogP contribution < -0.4 is 14.4 Å². The molecule has 0 bridgehead atoms. The van der Waals surface area contributed by atoms with Crippen LogP contribution in [0.3, 0.4) is 0 Å². The summed E-state index contributed by atoms with van der Waals surface area (Å²) in [6, 6.07) is 21.0. The zero-order valence-electron chi connectivity index (χ0n) is 16.7. The molecule has 6 nitrogen and oxygen atoms in total. The Hall–Kier alpha value is -3.32. The molecule has 1 amide bonds. The third kappa shape index (κ3) is 4.02. The second-order valence-corrected chi connectivity index (χ2v) is 8.96. The van der Waals surface area contributed by atoms with Gasteiger partial charge >= 0.3 is 0 Å². The number of benzene rings is 3. The van der Waals surface area contributed by atoms with E-state index in [2.05, 4.69) is 4.72 Å². The van der Waals surface area contributed by atoms with E-state index in [0.29, 0.717) is 23.6 Å². The molecule has 1 aliphatic rings. The van der Waals surface area contributed by atoms with Crippen LogP contribution in [0.4, 0.5) is 11.4 Å². The van der Waals surface area contributed by atoms with E-state index in [1.165, 1.54) is 13.0 Å². The van der Waals surface area contributed by atoms with Gasteiger partial charge in [-0.15, -0.1) is 0 Å². The molecule has 0 radical (unpaired) electrons. The fraction of sp³-hybridized carbons (Fsp3) is 0.174. The number of anilines is 2. The van der Waals surface area contributed by atoms with Gasteiger partial charge in [-0.05, 0) is 73.5 Å². The van der Waals surface area contributed by atoms with Crippen molar-refractivity contribution in [1.29, 1.82) is 0 Å². The van der Waals surface area contributed by atoms with Gasteiger partial charge in [-0.3, -0.25) is 9.52 Å². The van der Waals surface area contributed by atoms with Gasteiger partial charge in [0.15, 0.2) is 0 Å². The highest BCUT2D eigenvalue weighted by molar-refractivity contribution is 7.92. The molecule has 1 unspecified atom stereocenters. The SMILES string of the molecule is CC(=O)N1c2ccc(S(=O)(=O)Nc3ccc(Oc4ccccc4)cc3)cc2CC1C. The van der Waals surface area contributed by atoms with E-state index in [0.717, 1.165) is 11.3 Å². The van der Waals surface area contributed by atoms with Crippen molar-refractivity contribution in [3.8, 4) is 11.5 Å². The molecule has 1 aliphatic heterocycles. The van der Waals surface area contributed by atoms with Crippen LogP contribution in [0.25, 0.3) is 0 Å². The molecule has 0 saturated carbocycles. The smallest absolute Gasteiger partial charge is 0.261 e. The van der Waals surface area contributed by atoms with Gasteiger partial charge in [0.1, 0.15) is 11.5 Å². The van der Waals surface area contributed by atoms with E-state index in [1.54, 1.807) is 41.3 Å². The number of amides is 1. The Kier molecular flexibility index (Phi) is 5.22. The molecule has 0 aromatic heterocycles. The maximum atomic E-state index is 12.9. The summed E-state index contributed by atoms with van der Waals surface area (Å²) in [6.45, 7) is 3.47. The normalized spacial score (nSPS) is 15.5. The Balaban J connectivity index is 1.51. The molecule has 7 heteroatoms. The van der Waals surface area contributed by atoms with Crippen LogP contribution in [0.1, 0.15) is 19.4 Å². The van der Waals surface area contributed by atoms with Gasteiger partial charge in [0.25, 0.3) is 10.0 Å². The van der Waals surface area contributed by atoms with Crippen molar-refractivity contribution < 1.29 is 17.9 Å². The van der Waals surface area contributed by atoms with Gasteiger partial charge in [0.2, 0.25) is 5.91 Å². The Morgan fingerprint density at radius 3 is 2.33 bits per heavy atom. The van der Waals surface area contributed by atoms with Crippen LogP contribution >= 0.6 is 0 Å². The number of hydrogen-bond acceptors (Lipinski definition) is 4. The minimum Gasteiger partial charge on any atom is -0.457 e. The first-order valence-corrected chi connectivity index (χ1v) is 11.1. The minimum atomic E-state index is -3.76. The fourth-order valence-electron chi connectivity index (χ4n) is 3.68. The third-order valence-electron chi connectivity index (χ3n) is 5.00. The van der Waals surface area contributed by atoms with E-state index < -0.39 is 10.0 Å². The number of para-hydroxylation sites is 1. The Bertz CT molecular complexity index is 1180. The number of ether oxygens (including phenoxy) is 1. The van der Waals surface area contributed by atoms with E-state index >= 15 is 0 Å². The predicted molar refractivity (Wildman–Crippen MR) is 117 cm³/mol. The number of carbonyl (C=O) groups is 1. The van der Waals surface area contributed by atoms with E-state index in [1.807, 2.05) is 37.3 Å². The number of nitrogens with one attached hydrogen (secondary N) is 1. The summed E-state index contributed by atoms with van der Waals surface area (Å²) in [5, 5.41) is 0. The first-order chi connectivity index (χ1) is 14.3. The van der Waals surface area contributed by atoms with Crippen molar-refractivity contribution in [3.63, 3.8) is 0 Å². The molecule has 4 rings (SSSR count). The quantitative estimate of drug-likeness (QED) is 0.653. The van der Waals surface area contributed by atoms with Crippen molar-refractivity contribution in [1.82, 2.24) is 0 Å². The van der Waals surface area contributed by atoms with Crippen molar-refractivity contribution in [3.05, 3.63) is 78.4 Å². The van der Waals surface area contributed by atoms with Crippen LogP contribution in [0.5, 0.6) is 11.5 Å². The van der Waals surface area contributed by atoms with Gasteiger partial charge in [-0.2, -0.15) is 0 Å². The first kappa shape index (κ1) is 20.0. The Morgan fingerprint density at radius 2 is 1.67 bits per heavy atom. The van der Waals surface area contributed by atoms with Crippen LogP contribution in [0.2, 0.25) is 0 Å². The molecule has 30 heavy (non-hydrogen) atoms. The van der Waals surface area contributed by atoms with Crippen LogP contribution in [0.15, 0.2) is 77.7 Å². The minimum absolute atomic E-state index is 0.0144. The molecule has 3 aromatic carbocycles. The maximum Gasteiger partial charge on any atom is 0.261 e. The second kappa shape index (κ2) is 7.84. The van der Waals surface area contributed by atoms with Gasteiger partial charge in [0, 0.05) is 24.3 Å². The molecular formula is C23H22N2O4S. The van der Waals surface area contributed by atoms with Gasteiger partial charge < -0.3 is 9.64 Å². The monoisotopic (exact) mass is 422 g/mol. The summed E-state index contributed by atoms with van der Waals surface area (Å²) >= 11 is 0. The Labute approximate surface area is 176 Å². The van der Waals surface area contributed by atoms with Crippen LogP contribution in [-0.4, -0.2) is 20.4 Å². The summed E-state index contributed by atoms with van der Waals surface area (Å²) < 4.78 is 34.0. The third-order valence-corrected chi connectivity index (χ3v) is 6.38. The zero-order chi connectivity index (χ0) is 21.3. The van der Waals surface area contributed by atoms with E-state index in [9.17, 15) is 13.2 Å². The van der Waals surface area contributed by atoms with E-state index in [4.69, 9.17) is 4.74 Å². The maximum absolute atomic E-state index is 12.9. The number of nitrogens with zero attached hydrogens (tertiary/aromatic N) is 1. The molecule has 1 heterocycles. The summed E-state index contributed by atoms with van der Waals surface area (Å²) in [5.41, 5.74) is 2.07. The Morgan fingerprint density at radius 1 is 1.00 bits per heavy atom. The molecule has 1 N–H and O–H groups in total. The number of rotatable bonds is 5. The summed E-state index contributed by atoms with van der Waals surface area (Å²) in [5.74, 6) is 1.27. The lowest BCUT2D eigenvalue weighted by Gasteiger charge is -2.20. The van der Waals surface area contributed by atoms with Gasteiger partial charge in [0.05, 0.1) is 4.90 Å². The van der Waals surface area contributed by atoms with E-state index in [-0.39, 0.29) is 16.8 Å². The van der Waals surface area contributed by atoms with Crippen molar-refractivity contribution in [2.45, 2.75) is 31.2 Å².